The molecule has 1 amide bonds. The molecule has 4 atom stereocenters. The van der Waals surface area contributed by atoms with Gasteiger partial charge in [0.25, 0.3) is 11.5 Å². The van der Waals surface area contributed by atoms with E-state index in [0.29, 0.717) is 6.42 Å². The van der Waals surface area contributed by atoms with Crippen LogP contribution >= 0.6 is 0 Å². The van der Waals surface area contributed by atoms with E-state index in [9.17, 15) is 19.5 Å². The molecule has 1 fully saturated rings. The van der Waals surface area contributed by atoms with Gasteiger partial charge in [-0.2, -0.15) is 0 Å². The van der Waals surface area contributed by atoms with Gasteiger partial charge in [-0.25, -0.2) is 4.79 Å². The van der Waals surface area contributed by atoms with Gasteiger partial charge in [-0.15, -0.1) is 0 Å². The second kappa shape index (κ2) is 7.94. The summed E-state index contributed by atoms with van der Waals surface area (Å²) in [6.07, 6.45) is -1.53. The number of aliphatic hydroxyl groups excluding tert-OH is 1. The maximum absolute atomic E-state index is 12.5. The molecule has 1 unspecified atom stereocenters. The summed E-state index contributed by atoms with van der Waals surface area (Å²) in [4.78, 5) is 38.6. The number of aromatic nitrogens is 2. The molecule has 28 heavy (non-hydrogen) atoms. The van der Waals surface area contributed by atoms with Crippen LogP contribution in [0.25, 0.3) is 0 Å². The van der Waals surface area contributed by atoms with Gasteiger partial charge in [-0.3, -0.25) is 19.1 Å². The molecule has 2 heterocycles. The van der Waals surface area contributed by atoms with Crippen LogP contribution in [-0.4, -0.2) is 54.2 Å². The number of nitrogens with zero attached hydrogens (tertiary/aromatic N) is 1. The molecule has 1 aromatic rings. The predicted octanol–water partition coefficient (Wildman–Crippen LogP) is 0.955. The summed E-state index contributed by atoms with van der Waals surface area (Å²) in [5, 5.41) is 13.0. The lowest BCUT2D eigenvalue weighted by Gasteiger charge is -2.40. The van der Waals surface area contributed by atoms with Crippen LogP contribution in [0.5, 0.6) is 0 Å². The topological polar surface area (TPSA) is 123 Å². The van der Waals surface area contributed by atoms with Crippen LogP contribution in [0.1, 0.15) is 50.7 Å². The summed E-state index contributed by atoms with van der Waals surface area (Å²) in [7, 11) is -0.914. The van der Waals surface area contributed by atoms with E-state index in [-0.39, 0.29) is 10.6 Å². The molecule has 1 saturated heterocycles. The number of H-pyrrole nitrogens is 1. The largest absolute Gasteiger partial charge is 0.407 e. The summed E-state index contributed by atoms with van der Waals surface area (Å²) >= 11 is 0. The summed E-state index contributed by atoms with van der Waals surface area (Å²) < 4.78 is 13.5. The maximum atomic E-state index is 12.5. The summed E-state index contributed by atoms with van der Waals surface area (Å²) in [6.45, 7) is 12.2. The van der Waals surface area contributed by atoms with E-state index in [4.69, 9.17) is 9.16 Å². The van der Waals surface area contributed by atoms with E-state index in [2.05, 4.69) is 31.1 Å². The Morgan fingerprint density at radius 1 is 1.39 bits per heavy atom. The number of aliphatic hydroxyl groups is 1. The lowest BCUT2D eigenvalue weighted by atomic mass is 10.1. The molecule has 0 aliphatic carbocycles. The van der Waals surface area contributed by atoms with Gasteiger partial charge in [0.15, 0.2) is 14.5 Å². The third-order valence-electron chi connectivity index (χ3n) is 5.67. The van der Waals surface area contributed by atoms with Gasteiger partial charge in [0.2, 0.25) is 0 Å². The van der Waals surface area contributed by atoms with Crippen LogP contribution in [0.4, 0.5) is 0 Å². The molecule has 0 spiro atoms. The quantitative estimate of drug-likeness (QED) is 0.618. The van der Waals surface area contributed by atoms with Gasteiger partial charge in [0.05, 0.1) is 6.10 Å². The molecule has 158 valence electrons. The first-order chi connectivity index (χ1) is 12.8. The predicted molar refractivity (Wildman–Crippen MR) is 107 cm³/mol. The first kappa shape index (κ1) is 22.5. The van der Waals surface area contributed by atoms with Crippen molar-refractivity contribution in [2.24, 2.45) is 0 Å². The van der Waals surface area contributed by atoms with Crippen molar-refractivity contribution in [2.45, 2.75) is 76.8 Å². The molecular formula is C18H31N3O6Si. The molecule has 10 heteroatoms. The number of rotatable bonds is 5. The fraction of sp³-hybridized carbons (Fsp3) is 0.722. The van der Waals surface area contributed by atoms with Crippen molar-refractivity contribution in [3.05, 3.63) is 32.6 Å². The minimum atomic E-state index is -2.31. The number of carbonyl (C=O) groups is 1. The SMILES string of the molecule is CC[C@H]1O[C@@H](n2cc(C(=O)NC)c(=O)[nH]c2=O)[C@@H](O[Si](C)(C)C(C)(C)C)C1O. The van der Waals surface area contributed by atoms with E-state index in [1.54, 1.807) is 0 Å². The molecular weight excluding hydrogens is 382 g/mol. The van der Waals surface area contributed by atoms with Crippen LogP contribution in [0.15, 0.2) is 15.8 Å². The molecule has 1 aromatic heterocycles. The lowest BCUT2D eigenvalue weighted by Crippen LogP contribution is -2.49. The van der Waals surface area contributed by atoms with Crippen LogP contribution in [-0.2, 0) is 9.16 Å². The Morgan fingerprint density at radius 2 is 2.00 bits per heavy atom. The Hall–Kier alpha value is -1.75. The van der Waals surface area contributed by atoms with E-state index in [1.165, 1.54) is 7.05 Å². The van der Waals surface area contributed by atoms with Crippen LogP contribution in [0.3, 0.4) is 0 Å². The van der Waals surface area contributed by atoms with Crippen LogP contribution in [0.2, 0.25) is 18.1 Å². The fourth-order valence-corrected chi connectivity index (χ4v) is 4.18. The van der Waals surface area contributed by atoms with Crippen molar-refractivity contribution in [2.75, 3.05) is 7.05 Å². The molecule has 9 nitrogen and oxygen atoms in total. The van der Waals surface area contributed by atoms with Gasteiger partial charge in [0.1, 0.15) is 17.8 Å². The van der Waals surface area contributed by atoms with E-state index in [1.807, 2.05) is 20.0 Å². The zero-order valence-corrected chi connectivity index (χ0v) is 18.5. The Labute approximate surface area is 165 Å². The van der Waals surface area contributed by atoms with E-state index < -0.39 is 50.0 Å². The third kappa shape index (κ3) is 4.14. The first-order valence-corrected chi connectivity index (χ1v) is 12.3. The molecule has 0 aromatic carbocycles. The average molecular weight is 414 g/mol. The highest BCUT2D eigenvalue weighted by molar-refractivity contribution is 6.74. The number of hydrogen-bond acceptors (Lipinski definition) is 6. The third-order valence-corrected chi connectivity index (χ3v) is 10.1. The zero-order valence-electron chi connectivity index (χ0n) is 17.5. The number of ether oxygens (including phenoxy) is 1. The minimum absolute atomic E-state index is 0.120. The Bertz CT molecular complexity index is 841. The van der Waals surface area contributed by atoms with Crippen molar-refractivity contribution in [3.63, 3.8) is 0 Å². The molecule has 0 bridgehead atoms. The number of amides is 1. The molecule has 2 rings (SSSR count). The number of carbonyl (C=O) groups excluding carboxylic acids is 1. The van der Waals surface area contributed by atoms with Crippen molar-refractivity contribution < 1.29 is 19.1 Å². The molecule has 0 radical (unpaired) electrons. The Balaban J connectivity index is 2.54. The molecule has 3 N–H and O–H groups in total. The van der Waals surface area contributed by atoms with Crippen LogP contribution in [0, 0.1) is 0 Å². The highest BCUT2D eigenvalue weighted by Crippen LogP contribution is 2.41. The normalized spacial score (nSPS) is 25.7. The average Bonchev–Trinajstić information content (AvgIpc) is 2.89. The highest BCUT2D eigenvalue weighted by Gasteiger charge is 2.50. The van der Waals surface area contributed by atoms with Gasteiger partial charge < -0.3 is 19.6 Å². The smallest absolute Gasteiger partial charge is 0.330 e. The van der Waals surface area contributed by atoms with E-state index in [0.717, 1.165) is 10.8 Å². The van der Waals surface area contributed by atoms with Crippen LogP contribution < -0.4 is 16.6 Å². The summed E-state index contributed by atoms with van der Waals surface area (Å²) in [6, 6.07) is 0. The van der Waals surface area contributed by atoms with E-state index >= 15 is 0 Å². The number of nitrogens with one attached hydrogen (secondary N) is 2. The van der Waals surface area contributed by atoms with Gasteiger partial charge in [0, 0.05) is 13.2 Å². The monoisotopic (exact) mass is 413 g/mol. The molecule has 0 saturated carbocycles. The number of aromatic amines is 1. The standard InChI is InChI=1S/C18H31N3O6Si/c1-8-11-12(22)13(27-28(6,7)18(2,3)4)16(26-11)21-9-10(14(23)19-5)15(24)20-17(21)25/h9,11-13,16,22H,8H2,1-7H3,(H,19,23)(H,20,24,25)/t11-,12?,13+,16-/m1/s1. The van der Waals surface area contributed by atoms with Crippen molar-refractivity contribution in [1.82, 2.24) is 14.9 Å². The van der Waals surface area contributed by atoms with Gasteiger partial charge in [-0.1, -0.05) is 27.7 Å². The lowest BCUT2D eigenvalue weighted by molar-refractivity contribution is -0.0374. The fourth-order valence-electron chi connectivity index (χ4n) is 2.89. The summed E-state index contributed by atoms with van der Waals surface area (Å²) in [5.74, 6) is -0.623. The second-order valence-electron chi connectivity index (χ2n) is 8.60. The number of hydrogen-bond donors (Lipinski definition) is 3. The summed E-state index contributed by atoms with van der Waals surface area (Å²) in [5.41, 5.74) is -1.73. The second-order valence-corrected chi connectivity index (χ2v) is 13.4. The van der Waals surface area contributed by atoms with Gasteiger partial charge >= 0.3 is 5.69 Å². The molecule has 1 aliphatic rings. The minimum Gasteiger partial charge on any atom is -0.407 e. The molecule has 1 aliphatic heterocycles. The van der Waals surface area contributed by atoms with Crippen molar-refractivity contribution >= 4 is 14.2 Å². The first-order valence-electron chi connectivity index (χ1n) is 9.43. The maximum Gasteiger partial charge on any atom is 0.330 e. The van der Waals surface area contributed by atoms with Gasteiger partial charge in [-0.05, 0) is 24.6 Å². The van der Waals surface area contributed by atoms with Crippen molar-refractivity contribution in [1.29, 1.82) is 0 Å². The highest BCUT2D eigenvalue weighted by atomic mass is 28.4. The Kier molecular flexibility index (Phi) is 6.39. The zero-order chi connectivity index (χ0) is 21.4. The Morgan fingerprint density at radius 3 is 2.50 bits per heavy atom. The van der Waals surface area contributed by atoms with Crippen molar-refractivity contribution in [3.8, 4) is 0 Å².